The lowest BCUT2D eigenvalue weighted by molar-refractivity contribution is -0.137. The highest BCUT2D eigenvalue weighted by atomic mass is 19.1. The zero-order valence-corrected chi connectivity index (χ0v) is 19.9. The molecule has 180 valence electrons. The maximum Gasteiger partial charge on any atom is 0.274 e. The van der Waals surface area contributed by atoms with Crippen LogP contribution in [-0.2, 0) is 4.79 Å². The van der Waals surface area contributed by atoms with Crippen LogP contribution in [0.5, 0.6) is 0 Å². The third kappa shape index (κ3) is 4.79. The van der Waals surface area contributed by atoms with E-state index in [1.54, 1.807) is 39.6 Å². The average Bonchev–Trinajstić information content (AvgIpc) is 3.21. The summed E-state index contributed by atoms with van der Waals surface area (Å²) in [6.45, 7) is 8.78. The number of aliphatic hydroxyl groups excluding tert-OH is 1. The molecule has 3 heterocycles. The number of fused-ring (bicyclic) bond motifs is 1. The van der Waals surface area contributed by atoms with Crippen molar-refractivity contribution in [1.82, 2.24) is 24.4 Å². The predicted molar refractivity (Wildman–Crippen MR) is 126 cm³/mol. The summed E-state index contributed by atoms with van der Waals surface area (Å²) in [5.74, 6) is -0.496. The molecule has 1 aromatic carbocycles. The van der Waals surface area contributed by atoms with Crippen LogP contribution < -0.4 is 0 Å². The molecule has 0 spiro atoms. The maximum absolute atomic E-state index is 13.4. The molecule has 0 radical (unpaired) electrons. The number of benzene rings is 1. The van der Waals surface area contributed by atoms with Crippen molar-refractivity contribution in [2.24, 2.45) is 0 Å². The van der Waals surface area contributed by atoms with E-state index in [2.05, 4.69) is 10.1 Å². The first-order valence-electron chi connectivity index (χ1n) is 11.6. The van der Waals surface area contributed by atoms with E-state index < -0.39 is 6.10 Å². The van der Waals surface area contributed by atoms with Gasteiger partial charge >= 0.3 is 0 Å². The summed E-state index contributed by atoms with van der Waals surface area (Å²) in [4.78, 5) is 33.7. The van der Waals surface area contributed by atoms with Crippen LogP contribution in [0.15, 0.2) is 36.5 Å². The number of imidazole rings is 1. The number of aromatic nitrogens is 3. The fraction of sp³-hybridized carbons (Fsp3) is 0.440. The van der Waals surface area contributed by atoms with E-state index in [9.17, 15) is 19.1 Å². The van der Waals surface area contributed by atoms with Crippen molar-refractivity contribution in [3.05, 3.63) is 53.6 Å². The van der Waals surface area contributed by atoms with Crippen LogP contribution in [0.1, 0.15) is 56.1 Å². The Morgan fingerprint density at radius 3 is 2.50 bits per heavy atom. The van der Waals surface area contributed by atoms with Crippen LogP contribution in [0.25, 0.3) is 16.9 Å². The number of carbonyl (C=O) groups is 2. The van der Waals surface area contributed by atoms with Gasteiger partial charge in [-0.1, -0.05) is 13.8 Å². The smallest absolute Gasteiger partial charge is 0.274 e. The Balaban J connectivity index is 1.60. The van der Waals surface area contributed by atoms with Gasteiger partial charge in [0.1, 0.15) is 11.5 Å². The third-order valence-corrected chi connectivity index (χ3v) is 6.14. The number of halogens is 1. The number of amides is 2. The first kappa shape index (κ1) is 23.8. The molecule has 3 aromatic rings. The van der Waals surface area contributed by atoms with Gasteiger partial charge in [-0.15, -0.1) is 0 Å². The van der Waals surface area contributed by atoms with Crippen molar-refractivity contribution in [3.63, 3.8) is 0 Å². The Labute approximate surface area is 198 Å². The number of hydrogen-bond acceptors (Lipinski definition) is 5. The van der Waals surface area contributed by atoms with Crippen LogP contribution >= 0.6 is 0 Å². The number of carbonyl (C=O) groups excluding carboxylic acids is 2. The van der Waals surface area contributed by atoms with E-state index in [-0.39, 0.29) is 36.0 Å². The van der Waals surface area contributed by atoms with Crippen molar-refractivity contribution in [3.8, 4) is 11.3 Å². The molecule has 0 saturated carbocycles. The minimum Gasteiger partial charge on any atom is -0.393 e. The minimum atomic E-state index is -0.695. The molecule has 2 aromatic heterocycles. The van der Waals surface area contributed by atoms with Crippen LogP contribution in [0, 0.1) is 5.82 Å². The Bertz CT molecular complexity index is 1210. The molecule has 0 aliphatic carbocycles. The summed E-state index contributed by atoms with van der Waals surface area (Å²) in [6, 6.07) is 7.92. The zero-order valence-electron chi connectivity index (χ0n) is 19.9. The second-order valence-electron chi connectivity index (χ2n) is 9.28. The second kappa shape index (κ2) is 9.50. The quantitative estimate of drug-likeness (QED) is 0.623. The van der Waals surface area contributed by atoms with Gasteiger partial charge < -0.3 is 14.9 Å². The summed E-state index contributed by atoms with van der Waals surface area (Å²) >= 11 is 0. The van der Waals surface area contributed by atoms with Crippen LogP contribution in [-0.4, -0.2) is 73.1 Å². The van der Waals surface area contributed by atoms with Crippen molar-refractivity contribution in [1.29, 1.82) is 0 Å². The standard InChI is InChI=1S/C25H30FN5O3/c1-15(2)20-12-21(18-5-7-19(26)8-6-18)28-31-14-22(27-24(20)31)25(34)29-9-10-30(16(3)13-29)23(33)11-17(4)32/h5-8,12,14-17,32H,9-11,13H2,1-4H3/t16-,17?/m0/s1. The number of rotatable bonds is 5. The molecule has 1 unspecified atom stereocenters. The van der Waals surface area contributed by atoms with Crippen molar-refractivity contribution in [2.45, 2.75) is 52.2 Å². The molecule has 1 aliphatic heterocycles. The molecule has 2 amide bonds. The van der Waals surface area contributed by atoms with Gasteiger partial charge in [0, 0.05) is 36.8 Å². The molecule has 1 saturated heterocycles. The predicted octanol–water partition coefficient (Wildman–Crippen LogP) is 3.10. The number of hydrogen-bond donors (Lipinski definition) is 1. The van der Waals surface area contributed by atoms with Crippen molar-refractivity contribution in [2.75, 3.05) is 19.6 Å². The van der Waals surface area contributed by atoms with Gasteiger partial charge in [-0.2, -0.15) is 5.10 Å². The summed E-state index contributed by atoms with van der Waals surface area (Å²) in [5, 5.41) is 14.1. The fourth-order valence-electron chi connectivity index (χ4n) is 4.34. The summed E-state index contributed by atoms with van der Waals surface area (Å²) < 4.78 is 15.0. The van der Waals surface area contributed by atoms with Crippen LogP contribution in [0.3, 0.4) is 0 Å². The molecular formula is C25H30FN5O3. The maximum atomic E-state index is 13.4. The lowest BCUT2D eigenvalue weighted by Crippen LogP contribution is -2.55. The molecule has 9 heteroatoms. The van der Waals surface area contributed by atoms with Crippen LogP contribution in [0.4, 0.5) is 4.39 Å². The molecule has 8 nitrogen and oxygen atoms in total. The van der Waals surface area contributed by atoms with E-state index in [1.807, 2.05) is 26.8 Å². The van der Waals surface area contributed by atoms with E-state index in [1.165, 1.54) is 12.1 Å². The van der Waals surface area contributed by atoms with Gasteiger partial charge in [-0.05, 0) is 50.1 Å². The molecule has 1 N–H and O–H groups in total. The van der Waals surface area contributed by atoms with E-state index in [4.69, 9.17) is 0 Å². The van der Waals surface area contributed by atoms with Gasteiger partial charge in [0.05, 0.1) is 24.4 Å². The number of aliphatic hydroxyl groups is 1. The van der Waals surface area contributed by atoms with E-state index in [0.717, 1.165) is 11.1 Å². The monoisotopic (exact) mass is 467 g/mol. The fourth-order valence-corrected chi connectivity index (χ4v) is 4.34. The number of piperazine rings is 1. The number of nitrogens with zero attached hydrogens (tertiary/aromatic N) is 5. The van der Waals surface area contributed by atoms with Crippen LogP contribution in [0.2, 0.25) is 0 Å². The van der Waals surface area contributed by atoms with Crippen molar-refractivity contribution >= 4 is 17.5 Å². The molecule has 0 bridgehead atoms. The SMILES string of the molecule is CC(O)CC(=O)N1CCN(C(=O)c2cn3nc(-c4ccc(F)cc4)cc(C(C)C)c3n2)C[C@@H]1C. The van der Waals surface area contributed by atoms with Gasteiger partial charge in [0.25, 0.3) is 5.91 Å². The van der Waals surface area contributed by atoms with Gasteiger partial charge in [0.15, 0.2) is 5.65 Å². The lowest BCUT2D eigenvalue weighted by Gasteiger charge is -2.39. The minimum absolute atomic E-state index is 0.0742. The summed E-state index contributed by atoms with van der Waals surface area (Å²) in [7, 11) is 0. The normalized spacial score (nSPS) is 17.4. The molecular weight excluding hydrogens is 437 g/mol. The molecule has 4 rings (SSSR count). The first-order valence-corrected chi connectivity index (χ1v) is 11.6. The van der Waals surface area contributed by atoms with E-state index in [0.29, 0.717) is 36.7 Å². The molecule has 34 heavy (non-hydrogen) atoms. The lowest BCUT2D eigenvalue weighted by atomic mass is 10.0. The largest absolute Gasteiger partial charge is 0.393 e. The highest BCUT2D eigenvalue weighted by Crippen LogP contribution is 2.26. The Morgan fingerprint density at radius 1 is 1.18 bits per heavy atom. The molecule has 1 fully saturated rings. The topological polar surface area (TPSA) is 91.0 Å². The summed E-state index contributed by atoms with van der Waals surface area (Å²) in [5.41, 5.74) is 3.30. The highest BCUT2D eigenvalue weighted by Gasteiger charge is 2.31. The average molecular weight is 468 g/mol. The first-order chi connectivity index (χ1) is 16.1. The van der Waals surface area contributed by atoms with Crippen molar-refractivity contribution < 1.29 is 19.1 Å². The van der Waals surface area contributed by atoms with Gasteiger partial charge in [-0.25, -0.2) is 13.9 Å². The zero-order chi connectivity index (χ0) is 24.6. The van der Waals surface area contributed by atoms with E-state index >= 15 is 0 Å². The highest BCUT2D eigenvalue weighted by molar-refractivity contribution is 5.93. The Hall–Kier alpha value is -3.33. The summed E-state index contributed by atoms with van der Waals surface area (Å²) in [6.07, 6.45) is 1.01. The Morgan fingerprint density at radius 2 is 1.88 bits per heavy atom. The Kier molecular flexibility index (Phi) is 6.65. The molecule has 2 atom stereocenters. The molecule has 1 aliphatic rings. The van der Waals surface area contributed by atoms with Gasteiger partial charge in [-0.3, -0.25) is 9.59 Å². The third-order valence-electron chi connectivity index (χ3n) is 6.14. The van der Waals surface area contributed by atoms with Gasteiger partial charge in [0.2, 0.25) is 5.91 Å². The second-order valence-corrected chi connectivity index (χ2v) is 9.28.